The highest BCUT2D eigenvalue weighted by molar-refractivity contribution is 5.89. The SMILES string of the molecule is C=C(C)C(=O)OOC(=O)C(O)(NC(=O)CN)C(CCC)OCC(C)C. The predicted octanol–water partition coefficient (Wildman–Crippen LogP) is 0.169. The minimum Gasteiger partial charge on any atom is -0.372 e. The van der Waals surface area contributed by atoms with Crippen molar-refractivity contribution in [3.05, 3.63) is 12.2 Å². The van der Waals surface area contributed by atoms with Crippen molar-refractivity contribution in [1.29, 1.82) is 0 Å². The molecule has 0 aromatic rings. The fraction of sp³-hybridized carbons (Fsp3) is 0.688. The first-order valence-corrected chi connectivity index (χ1v) is 8.02. The van der Waals surface area contributed by atoms with E-state index in [4.69, 9.17) is 10.5 Å². The Balaban J connectivity index is 5.41. The Morgan fingerprint density at radius 1 is 1.28 bits per heavy atom. The molecule has 2 unspecified atom stereocenters. The molecule has 0 heterocycles. The van der Waals surface area contributed by atoms with Crippen molar-refractivity contribution in [2.24, 2.45) is 11.7 Å². The van der Waals surface area contributed by atoms with Crippen molar-refractivity contribution >= 4 is 17.8 Å². The van der Waals surface area contributed by atoms with Crippen LogP contribution in [0.1, 0.15) is 40.5 Å². The van der Waals surface area contributed by atoms with E-state index in [1.54, 1.807) is 0 Å². The van der Waals surface area contributed by atoms with Gasteiger partial charge in [0.05, 0.1) is 6.54 Å². The van der Waals surface area contributed by atoms with Gasteiger partial charge < -0.3 is 20.9 Å². The lowest BCUT2D eigenvalue weighted by Crippen LogP contribution is -2.64. The summed E-state index contributed by atoms with van der Waals surface area (Å²) in [6.45, 7) is 10.0. The number of rotatable bonds is 10. The second-order valence-corrected chi connectivity index (χ2v) is 6.05. The Morgan fingerprint density at radius 3 is 2.32 bits per heavy atom. The van der Waals surface area contributed by atoms with E-state index in [9.17, 15) is 19.5 Å². The summed E-state index contributed by atoms with van der Waals surface area (Å²) in [5.41, 5.74) is 2.66. The number of hydrogen-bond donors (Lipinski definition) is 3. The monoisotopic (exact) mass is 360 g/mol. The second kappa shape index (κ2) is 10.8. The molecule has 0 spiro atoms. The maximum atomic E-state index is 12.3. The van der Waals surface area contributed by atoms with Crippen LogP contribution in [0.4, 0.5) is 0 Å². The number of carbonyl (C=O) groups excluding carboxylic acids is 3. The highest BCUT2D eigenvalue weighted by Crippen LogP contribution is 2.20. The fourth-order valence-electron chi connectivity index (χ4n) is 1.72. The van der Waals surface area contributed by atoms with E-state index >= 15 is 0 Å². The third kappa shape index (κ3) is 7.63. The molecule has 0 aliphatic heterocycles. The average Bonchev–Trinajstić information content (AvgIpc) is 2.55. The molecular formula is C16H28N2O7. The molecule has 0 saturated carbocycles. The zero-order chi connectivity index (χ0) is 19.6. The van der Waals surface area contributed by atoms with E-state index in [0.717, 1.165) is 0 Å². The van der Waals surface area contributed by atoms with Crippen molar-refractivity contribution < 1.29 is 34.0 Å². The number of ether oxygens (including phenoxy) is 1. The van der Waals surface area contributed by atoms with Crippen molar-refractivity contribution in [2.75, 3.05) is 13.2 Å². The zero-order valence-corrected chi connectivity index (χ0v) is 15.2. The summed E-state index contributed by atoms with van der Waals surface area (Å²) in [5.74, 6) is -3.08. The van der Waals surface area contributed by atoms with E-state index in [-0.39, 0.29) is 24.5 Å². The summed E-state index contributed by atoms with van der Waals surface area (Å²) in [6.07, 6.45) is -0.341. The molecule has 1 amide bonds. The van der Waals surface area contributed by atoms with E-state index in [1.807, 2.05) is 20.8 Å². The van der Waals surface area contributed by atoms with Gasteiger partial charge in [0, 0.05) is 12.2 Å². The number of nitrogens with two attached hydrogens (primary N) is 1. The van der Waals surface area contributed by atoms with Crippen molar-refractivity contribution in [3.63, 3.8) is 0 Å². The first kappa shape index (κ1) is 23.0. The molecule has 0 bridgehead atoms. The number of carbonyl (C=O) groups is 3. The number of amides is 1. The van der Waals surface area contributed by atoms with Gasteiger partial charge in [-0.3, -0.25) is 4.79 Å². The van der Waals surface area contributed by atoms with E-state index in [0.29, 0.717) is 6.42 Å². The Labute approximate surface area is 147 Å². The van der Waals surface area contributed by atoms with Crippen LogP contribution >= 0.6 is 0 Å². The highest BCUT2D eigenvalue weighted by Gasteiger charge is 2.49. The molecule has 0 aromatic heterocycles. The lowest BCUT2D eigenvalue weighted by Gasteiger charge is -2.33. The van der Waals surface area contributed by atoms with Gasteiger partial charge in [-0.15, -0.1) is 0 Å². The average molecular weight is 360 g/mol. The fourth-order valence-corrected chi connectivity index (χ4v) is 1.72. The van der Waals surface area contributed by atoms with Gasteiger partial charge in [-0.25, -0.2) is 19.4 Å². The van der Waals surface area contributed by atoms with Gasteiger partial charge in [0.15, 0.2) is 0 Å². The standard InChI is InChI=1S/C16H28N2O7/c1-6-7-12(23-9-10(2)3)16(22,18-13(19)8-17)15(21)25-24-14(20)11(4)5/h10,12,22H,4,6-9,17H2,1-3,5H3,(H,18,19). The maximum absolute atomic E-state index is 12.3. The van der Waals surface area contributed by atoms with Crippen LogP contribution in [-0.2, 0) is 28.9 Å². The summed E-state index contributed by atoms with van der Waals surface area (Å²) >= 11 is 0. The molecule has 0 saturated heterocycles. The number of aliphatic hydroxyl groups is 1. The lowest BCUT2D eigenvalue weighted by atomic mass is 10.0. The minimum absolute atomic E-state index is 0.0106. The van der Waals surface area contributed by atoms with Crippen LogP contribution in [0.3, 0.4) is 0 Å². The summed E-state index contributed by atoms with van der Waals surface area (Å²) in [6, 6.07) is 0. The molecule has 0 aliphatic carbocycles. The Kier molecular flexibility index (Phi) is 9.95. The van der Waals surface area contributed by atoms with Crippen molar-refractivity contribution in [2.45, 2.75) is 52.4 Å². The Hall–Kier alpha value is -1.97. The summed E-state index contributed by atoms with van der Waals surface area (Å²) in [7, 11) is 0. The van der Waals surface area contributed by atoms with E-state index < -0.39 is 36.2 Å². The highest BCUT2D eigenvalue weighted by atomic mass is 17.2. The van der Waals surface area contributed by atoms with E-state index in [2.05, 4.69) is 21.7 Å². The molecular weight excluding hydrogens is 332 g/mol. The third-order valence-corrected chi connectivity index (χ3v) is 3.02. The van der Waals surface area contributed by atoms with E-state index in [1.165, 1.54) is 6.92 Å². The minimum atomic E-state index is -2.56. The summed E-state index contributed by atoms with van der Waals surface area (Å²) in [4.78, 5) is 43.9. The smallest absolute Gasteiger partial charge is 0.372 e. The molecule has 9 nitrogen and oxygen atoms in total. The molecule has 25 heavy (non-hydrogen) atoms. The molecule has 0 aromatic carbocycles. The molecule has 0 radical (unpaired) electrons. The van der Waals surface area contributed by atoms with Gasteiger partial charge in [0.2, 0.25) is 5.91 Å². The van der Waals surface area contributed by atoms with Gasteiger partial charge in [-0.2, -0.15) is 0 Å². The normalized spacial score (nSPS) is 14.4. The largest absolute Gasteiger partial charge is 0.410 e. The Bertz CT molecular complexity index is 493. The molecule has 4 N–H and O–H groups in total. The first-order chi connectivity index (χ1) is 11.6. The van der Waals surface area contributed by atoms with Crippen molar-refractivity contribution in [3.8, 4) is 0 Å². The second-order valence-electron chi connectivity index (χ2n) is 6.05. The number of hydrogen-bond acceptors (Lipinski definition) is 8. The molecule has 144 valence electrons. The van der Waals surface area contributed by atoms with Crippen LogP contribution in [0.15, 0.2) is 12.2 Å². The first-order valence-electron chi connectivity index (χ1n) is 8.02. The van der Waals surface area contributed by atoms with Gasteiger partial charge in [0.1, 0.15) is 6.10 Å². The molecule has 0 rings (SSSR count). The quantitative estimate of drug-likeness (QED) is 0.217. The van der Waals surface area contributed by atoms with Crippen LogP contribution in [0, 0.1) is 5.92 Å². The van der Waals surface area contributed by atoms with Crippen LogP contribution in [0.25, 0.3) is 0 Å². The maximum Gasteiger partial charge on any atom is 0.410 e. The lowest BCUT2D eigenvalue weighted by molar-refractivity contribution is -0.276. The van der Waals surface area contributed by atoms with Crippen molar-refractivity contribution in [1.82, 2.24) is 5.32 Å². The zero-order valence-electron chi connectivity index (χ0n) is 15.2. The predicted molar refractivity (Wildman–Crippen MR) is 88.6 cm³/mol. The summed E-state index contributed by atoms with van der Waals surface area (Å²) in [5, 5.41) is 12.8. The molecule has 9 heteroatoms. The summed E-state index contributed by atoms with van der Waals surface area (Å²) < 4.78 is 5.57. The topological polar surface area (TPSA) is 137 Å². The van der Waals surface area contributed by atoms with Gasteiger partial charge in [-0.1, -0.05) is 33.8 Å². The van der Waals surface area contributed by atoms with Crippen LogP contribution < -0.4 is 11.1 Å². The molecule has 2 atom stereocenters. The van der Waals surface area contributed by atoms with Crippen LogP contribution in [-0.4, -0.2) is 47.9 Å². The van der Waals surface area contributed by atoms with Crippen LogP contribution in [0.5, 0.6) is 0 Å². The van der Waals surface area contributed by atoms with Gasteiger partial charge in [-0.05, 0) is 19.3 Å². The number of nitrogens with one attached hydrogen (secondary N) is 1. The van der Waals surface area contributed by atoms with Gasteiger partial charge in [0.25, 0.3) is 5.72 Å². The molecule has 0 aliphatic rings. The molecule has 0 fully saturated rings. The Morgan fingerprint density at radius 2 is 1.88 bits per heavy atom. The van der Waals surface area contributed by atoms with Crippen LogP contribution in [0.2, 0.25) is 0 Å². The third-order valence-electron chi connectivity index (χ3n) is 3.02. The van der Waals surface area contributed by atoms with Gasteiger partial charge >= 0.3 is 11.9 Å².